The Morgan fingerprint density at radius 2 is 1.61 bits per heavy atom. The fourth-order valence-electron chi connectivity index (χ4n) is 5.10. The summed E-state index contributed by atoms with van der Waals surface area (Å²) in [4.78, 5) is 33.3. The van der Waals surface area contributed by atoms with Crippen LogP contribution in [-0.4, -0.2) is 17.1 Å². The third kappa shape index (κ3) is 6.13. The minimum atomic E-state index is -0.730. The van der Waals surface area contributed by atoms with Crippen molar-refractivity contribution in [3.8, 4) is 5.75 Å². The molecule has 0 fully saturated rings. The molecule has 4 aromatic carbocycles. The predicted octanol–water partition coefficient (Wildman–Crippen LogP) is 7.04. The van der Waals surface area contributed by atoms with Gasteiger partial charge in [0.05, 0.1) is 32.9 Å². The molecule has 44 heavy (non-hydrogen) atoms. The number of ether oxygens (including phenoxy) is 2. The number of carbonyl (C=O) groups is 1. The summed E-state index contributed by atoms with van der Waals surface area (Å²) in [5.41, 5.74) is 3.84. The number of hydrogen-bond acceptors (Lipinski definition) is 6. The highest BCUT2D eigenvalue weighted by Gasteiger charge is 2.35. The van der Waals surface area contributed by atoms with Gasteiger partial charge in [-0.3, -0.25) is 9.36 Å². The summed E-state index contributed by atoms with van der Waals surface area (Å²) in [5.74, 6) is 0.102. The van der Waals surface area contributed by atoms with Crippen LogP contribution in [0.3, 0.4) is 0 Å². The number of fused-ring (bicyclic) bond motifs is 1. The highest BCUT2D eigenvalue weighted by atomic mass is 79.9. The number of benzene rings is 4. The second-order valence-electron chi connectivity index (χ2n) is 9.92. The van der Waals surface area contributed by atoms with E-state index in [1.165, 1.54) is 11.3 Å². The molecule has 0 saturated heterocycles. The molecular weight excluding hydrogens is 704 g/mol. The summed E-state index contributed by atoms with van der Waals surface area (Å²) in [7, 11) is 0. The average Bonchev–Trinajstić information content (AvgIpc) is 3.35. The highest BCUT2D eigenvalue weighted by molar-refractivity contribution is 9.11. The third-order valence-electron chi connectivity index (χ3n) is 7.04. The Morgan fingerprint density at radius 3 is 2.30 bits per heavy atom. The standard InChI is InChI=1S/C35H26Br2N2O4S/c1-2-42-34(41)29-30(23-14-8-4-9-15-23)38-35-39(31(29)24-16-10-5-11-17-24)33(40)28(44-35)19-25-18-26(36)20-27(37)32(25)43-21-22-12-6-3-7-13-22/h3-20,31H,2,21H2,1H3/b28-19-/t31-/m1/s1. The van der Waals surface area contributed by atoms with Crippen molar-refractivity contribution in [2.24, 2.45) is 4.99 Å². The summed E-state index contributed by atoms with van der Waals surface area (Å²) >= 11 is 8.50. The van der Waals surface area contributed by atoms with E-state index in [0.717, 1.165) is 31.2 Å². The first-order valence-corrected chi connectivity index (χ1v) is 16.3. The first kappa shape index (κ1) is 30.0. The fraction of sp³-hybridized carbons (Fsp3) is 0.114. The van der Waals surface area contributed by atoms with E-state index < -0.39 is 12.0 Å². The summed E-state index contributed by atoms with van der Waals surface area (Å²) in [6.45, 7) is 2.32. The summed E-state index contributed by atoms with van der Waals surface area (Å²) in [6, 6.07) is 32.0. The van der Waals surface area contributed by atoms with Crippen molar-refractivity contribution < 1.29 is 14.3 Å². The van der Waals surface area contributed by atoms with Crippen LogP contribution in [0.25, 0.3) is 11.8 Å². The van der Waals surface area contributed by atoms with Crippen molar-refractivity contribution in [3.05, 3.63) is 160 Å². The molecule has 1 aliphatic rings. The van der Waals surface area contributed by atoms with Crippen molar-refractivity contribution in [1.82, 2.24) is 4.57 Å². The largest absolute Gasteiger partial charge is 0.487 e. The van der Waals surface area contributed by atoms with Crippen LogP contribution < -0.4 is 19.6 Å². The molecule has 5 aromatic rings. The molecule has 0 bridgehead atoms. The van der Waals surface area contributed by atoms with Gasteiger partial charge in [0.25, 0.3) is 5.56 Å². The maximum absolute atomic E-state index is 14.3. The number of hydrogen-bond donors (Lipinski definition) is 0. The van der Waals surface area contributed by atoms with Gasteiger partial charge in [-0.25, -0.2) is 9.79 Å². The molecule has 0 radical (unpaired) electrons. The van der Waals surface area contributed by atoms with Crippen molar-refractivity contribution in [2.45, 2.75) is 19.6 Å². The fourth-order valence-corrected chi connectivity index (χ4v) is 7.47. The van der Waals surface area contributed by atoms with Crippen LogP contribution in [-0.2, 0) is 16.1 Å². The van der Waals surface area contributed by atoms with Crippen molar-refractivity contribution in [1.29, 1.82) is 0 Å². The van der Waals surface area contributed by atoms with Gasteiger partial charge in [0.15, 0.2) is 4.80 Å². The van der Waals surface area contributed by atoms with Crippen LogP contribution in [0.5, 0.6) is 5.75 Å². The minimum Gasteiger partial charge on any atom is -0.487 e. The van der Waals surface area contributed by atoms with Gasteiger partial charge >= 0.3 is 5.97 Å². The molecule has 2 heterocycles. The SMILES string of the molecule is CCOC(=O)C1=C(c2ccccc2)N=c2s/c(=C\c3cc(Br)cc(Br)c3OCc3ccccc3)c(=O)n2[C@@H]1c1ccccc1. The van der Waals surface area contributed by atoms with E-state index in [-0.39, 0.29) is 12.2 Å². The lowest BCUT2D eigenvalue weighted by Crippen LogP contribution is -2.40. The normalized spacial score (nSPS) is 14.6. The van der Waals surface area contributed by atoms with Gasteiger partial charge < -0.3 is 9.47 Å². The minimum absolute atomic E-state index is 0.194. The number of carbonyl (C=O) groups excluding carboxylic acids is 1. The monoisotopic (exact) mass is 728 g/mol. The van der Waals surface area contributed by atoms with Gasteiger partial charge in [-0.1, -0.05) is 118 Å². The summed E-state index contributed by atoms with van der Waals surface area (Å²) in [6.07, 6.45) is 1.82. The lowest BCUT2D eigenvalue weighted by Gasteiger charge is -2.25. The number of nitrogens with zero attached hydrogens (tertiary/aromatic N) is 2. The number of aromatic nitrogens is 1. The van der Waals surface area contributed by atoms with Gasteiger partial charge in [-0.15, -0.1) is 0 Å². The molecule has 220 valence electrons. The van der Waals surface area contributed by atoms with E-state index in [1.54, 1.807) is 11.5 Å². The number of esters is 1. The van der Waals surface area contributed by atoms with Gasteiger partial charge in [-0.2, -0.15) is 0 Å². The predicted molar refractivity (Wildman–Crippen MR) is 180 cm³/mol. The van der Waals surface area contributed by atoms with E-state index in [1.807, 2.05) is 109 Å². The Labute approximate surface area is 274 Å². The molecule has 0 aliphatic carbocycles. The first-order valence-electron chi connectivity index (χ1n) is 13.9. The van der Waals surface area contributed by atoms with E-state index in [9.17, 15) is 9.59 Å². The van der Waals surface area contributed by atoms with Crippen molar-refractivity contribution in [3.63, 3.8) is 0 Å². The van der Waals surface area contributed by atoms with Crippen LogP contribution in [0.15, 0.2) is 127 Å². The zero-order chi connectivity index (χ0) is 30.6. The Morgan fingerprint density at radius 1 is 0.955 bits per heavy atom. The lowest BCUT2D eigenvalue weighted by atomic mass is 9.93. The molecule has 0 spiro atoms. The number of halogens is 2. The topological polar surface area (TPSA) is 69.9 Å². The van der Waals surface area contributed by atoms with Gasteiger partial charge in [0.2, 0.25) is 0 Å². The molecule has 6 nitrogen and oxygen atoms in total. The highest BCUT2D eigenvalue weighted by Crippen LogP contribution is 2.36. The van der Waals surface area contributed by atoms with Crippen LogP contribution >= 0.6 is 43.2 Å². The van der Waals surface area contributed by atoms with Crippen LogP contribution in [0.1, 0.15) is 35.2 Å². The molecule has 0 saturated carbocycles. The second kappa shape index (κ2) is 13.3. The summed E-state index contributed by atoms with van der Waals surface area (Å²) < 4.78 is 15.4. The maximum Gasteiger partial charge on any atom is 0.338 e. The number of thiazole rings is 1. The molecule has 9 heteroatoms. The quantitative estimate of drug-likeness (QED) is 0.161. The first-order chi connectivity index (χ1) is 21.4. The Hall–Kier alpha value is -4.05. The lowest BCUT2D eigenvalue weighted by molar-refractivity contribution is -0.138. The Balaban J connectivity index is 1.56. The van der Waals surface area contributed by atoms with E-state index in [0.29, 0.717) is 33.0 Å². The Bertz CT molecular complexity index is 2040. The third-order valence-corrected chi connectivity index (χ3v) is 9.07. The van der Waals surface area contributed by atoms with Crippen LogP contribution in [0, 0.1) is 0 Å². The second-order valence-corrected chi connectivity index (χ2v) is 12.7. The van der Waals surface area contributed by atoms with Gasteiger partial charge in [0.1, 0.15) is 12.4 Å². The van der Waals surface area contributed by atoms with E-state index >= 15 is 0 Å². The molecule has 0 amide bonds. The summed E-state index contributed by atoms with van der Waals surface area (Å²) in [5, 5.41) is 0. The zero-order valence-corrected chi connectivity index (χ0v) is 27.6. The molecule has 6 rings (SSSR count). The molecule has 1 atom stereocenters. The van der Waals surface area contributed by atoms with Gasteiger partial charge in [0, 0.05) is 15.6 Å². The van der Waals surface area contributed by atoms with Crippen molar-refractivity contribution >= 4 is 60.9 Å². The smallest absolute Gasteiger partial charge is 0.338 e. The molecule has 1 aromatic heterocycles. The zero-order valence-electron chi connectivity index (χ0n) is 23.6. The van der Waals surface area contributed by atoms with E-state index in [4.69, 9.17) is 14.5 Å². The van der Waals surface area contributed by atoms with Gasteiger partial charge in [-0.05, 0) is 52.2 Å². The molecule has 1 aliphatic heterocycles. The maximum atomic E-state index is 14.3. The van der Waals surface area contributed by atoms with Crippen LogP contribution in [0.2, 0.25) is 0 Å². The average molecular weight is 730 g/mol. The molecular formula is C35H26Br2N2O4S. The molecule has 0 N–H and O–H groups in total. The number of rotatable bonds is 8. The van der Waals surface area contributed by atoms with Crippen LogP contribution in [0.4, 0.5) is 0 Å². The van der Waals surface area contributed by atoms with Crippen molar-refractivity contribution in [2.75, 3.05) is 6.61 Å². The Kier molecular flexibility index (Phi) is 9.07. The van der Waals surface area contributed by atoms with E-state index in [2.05, 4.69) is 31.9 Å². The molecule has 0 unspecified atom stereocenters.